The van der Waals surface area contributed by atoms with E-state index >= 15 is 0 Å². The van der Waals surface area contributed by atoms with E-state index in [1.54, 1.807) is 0 Å². The fourth-order valence-electron chi connectivity index (χ4n) is 1.91. The average Bonchev–Trinajstić information content (AvgIpc) is 2.54. The number of nitrogens with zero attached hydrogens (tertiary/aromatic N) is 1. The van der Waals surface area contributed by atoms with Crippen molar-refractivity contribution in [2.24, 2.45) is 0 Å². The Morgan fingerprint density at radius 3 is 2.55 bits per heavy atom. The number of nitro benzene ring substituents is 1. The molecule has 0 aliphatic rings. The third-order valence-corrected chi connectivity index (χ3v) is 2.99. The Kier molecular flexibility index (Phi) is 5.21. The molecule has 6 nitrogen and oxygen atoms in total. The molecular formula is C16H15NO5. The molecule has 2 rings (SSSR count). The molecular weight excluding hydrogens is 286 g/mol. The van der Waals surface area contributed by atoms with Gasteiger partial charge in [-0.25, -0.2) is 0 Å². The van der Waals surface area contributed by atoms with Gasteiger partial charge in [0.15, 0.2) is 11.5 Å². The summed E-state index contributed by atoms with van der Waals surface area (Å²) in [5.74, 6) is -0.192. The van der Waals surface area contributed by atoms with Gasteiger partial charge in [-0.05, 0) is 17.7 Å². The number of ketones is 1. The van der Waals surface area contributed by atoms with Crippen molar-refractivity contribution in [2.75, 3.05) is 13.7 Å². The topological polar surface area (TPSA) is 78.7 Å². The van der Waals surface area contributed by atoms with Crippen LogP contribution in [0.15, 0.2) is 48.5 Å². The smallest absolute Gasteiger partial charge is 0.311 e. The summed E-state index contributed by atoms with van der Waals surface area (Å²) >= 11 is 0. The van der Waals surface area contributed by atoms with E-state index in [0.717, 1.165) is 5.56 Å². The molecule has 0 atom stereocenters. The molecule has 0 unspecified atom stereocenters. The number of Topliss-reactive ketones (excluding diaryl/α,β-unsaturated/α-hetero) is 1. The molecule has 0 aliphatic heterocycles. The summed E-state index contributed by atoms with van der Waals surface area (Å²) in [5.41, 5.74) is 0.884. The van der Waals surface area contributed by atoms with Gasteiger partial charge >= 0.3 is 5.69 Å². The Bertz CT molecular complexity index is 669. The third-order valence-electron chi connectivity index (χ3n) is 2.99. The highest BCUT2D eigenvalue weighted by Crippen LogP contribution is 2.29. The molecule has 0 saturated heterocycles. The Hall–Kier alpha value is -2.73. The molecule has 0 heterocycles. The SMILES string of the molecule is COCC(=O)c1ccc(OCc2ccccc2)c([N+](=O)[O-])c1. The Balaban J connectivity index is 2.20. The van der Waals surface area contributed by atoms with Gasteiger partial charge in [0, 0.05) is 18.7 Å². The summed E-state index contributed by atoms with van der Waals surface area (Å²) in [7, 11) is 1.39. The minimum Gasteiger partial charge on any atom is -0.482 e. The molecule has 22 heavy (non-hydrogen) atoms. The maximum Gasteiger partial charge on any atom is 0.311 e. The second kappa shape index (κ2) is 7.33. The van der Waals surface area contributed by atoms with Crippen molar-refractivity contribution in [3.05, 3.63) is 69.8 Å². The monoisotopic (exact) mass is 301 g/mol. The Morgan fingerprint density at radius 2 is 1.91 bits per heavy atom. The normalized spacial score (nSPS) is 10.2. The van der Waals surface area contributed by atoms with Gasteiger partial charge in [0.25, 0.3) is 0 Å². The van der Waals surface area contributed by atoms with E-state index < -0.39 is 4.92 Å². The number of carbonyl (C=O) groups excluding carboxylic acids is 1. The molecule has 0 N–H and O–H groups in total. The second-order valence-corrected chi connectivity index (χ2v) is 4.57. The van der Waals surface area contributed by atoms with E-state index in [4.69, 9.17) is 9.47 Å². The second-order valence-electron chi connectivity index (χ2n) is 4.57. The summed E-state index contributed by atoms with van der Waals surface area (Å²) in [6.07, 6.45) is 0. The molecule has 114 valence electrons. The first-order valence-electron chi connectivity index (χ1n) is 6.59. The van der Waals surface area contributed by atoms with Crippen LogP contribution in [0.4, 0.5) is 5.69 Å². The minimum atomic E-state index is -0.566. The van der Waals surface area contributed by atoms with Gasteiger partial charge in [-0.15, -0.1) is 0 Å². The molecule has 0 radical (unpaired) electrons. The standard InChI is InChI=1S/C16H15NO5/c1-21-11-15(18)13-7-8-16(14(9-13)17(19)20)22-10-12-5-3-2-4-6-12/h2-9H,10-11H2,1H3. The molecule has 0 fully saturated rings. The van der Waals surface area contributed by atoms with Crippen molar-refractivity contribution in [3.63, 3.8) is 0 Å². The molecule has 0 amide bonds. The summed E-state index contributed by atoms with van der Waals surface area (Å²) in [5, 5.41) is 11.1. The zero-order valence-electron chi connectivity index (χ0n) is 12.0. The van der Waals surface area contributed by atoms with Crippen LogP contribution >= 0.6 is 0 Å². The lowest BCUT2D eigenvalue weighted by Crippen LogP contribution is -2.08. The zero-order valence-corrected chi connectivity index (χ0v) is 12.0. The van der Waals surface area contributed by atoms with Gasteiger partial charge in [0.05, 0.1) is 4.92 Å². The first-order chi connectivity index (χ1) is 10.6. The van der Waals surface area contributed by atoms with Crippen LogP contribution in [0.1, 0.15) is 15.9 Å². The molecule has 0 saturated carbocycles. The van der Waals surface area contributed by atoms with Gasteiger partial charge in [-0.2, -0.15) is 0 Å². The lowest BCUT2D eigenvalue weighted by atomic mass is 10.1. The van der Waals surface area contributed by atoms with Crippen molar-refractivity contribution in [1.29, 1.82) is 0 Å². The van der Waals surface area contributed by atoms with Crippen molar-refractivity contribution < 1.29 is 19.2 Å². The van der Waals surface area contributed by atoms with E-state index in [1.165, 1.54) is 25.3 Å². The third kappa shape index (κ3) is 3.89. The summed E-state index contributed by atoms with van der Waals surface area (Å²) in [6, 6.07) is 13.5. The van der Waals surface area contributed by atoms with Crippen molar-refractivity contribution in [2.45, 2.75) is 6.61 Å². The minimum absolute atomic E-state index is 0.124. The highest BCUT2D eigenvalue weighted by atomic mass is 16.6. The van der Waals surface area contributed by atoms with Crippen LogP contribution in [0.5, 0.6) is 5.75 Å². The maximum atomic E-state index is 11.7. The highest BCUT2D eigenvalue weighted by molar-refractivity contribution is 5.97. The number of hydrogen-bond acceptors (Lipinski definition) is 5. The maximum absolute atomic E-state index is 11.7. The Labute approximate surface area is 127 Å². The van der Waals surface area contributed by atoms with Crippen molar-refractivity contribution in [1.82, 2.24) is 0 Å². The quantitative estimate of drug-likeness (QED) is 0.446. The summed E-state index contributed by atoms with van der Waals surface area (Å²) < 4.78 is 10.2. The number of nitro groups is 1. The van der Waals surface area contributed by atoms with E-state index in [0.29, 0.717) is 0 Å². The lowest BCUT2D eigenvalue weighted by Gasteiger charge is -2.08. The van der Waals surface area contributed by atoms with E-state index in [2.05, 4.69) is 0 Å². The van der Waals surface area contributed by atoms with Gasteiger partial charge in [0.2, 0.25) is 0 Å². The van der Waals surface area contributed by atoms with Crippen LogP contribution in [0, 0.1) is 10.1 Å². The highest BCUT2D eigenvalue weighted by Gasteiger charge is 2.18. The molecule has 0 bridgehead atoms. The number of hydrogen-bond donors (Lipinski definition) is 0. The Morgan fingerprint density at radius 1 is 1.18 bits per heavy atom. The van der Waals surface area contributed by atoms with Gasteiger partial charge in [0.1, 0.15) is 13.2 Å². The lowest BCUT2D eigenvalue weighted by molar-refractivity contribution is -0.386. The predicted octanol–water partition coefficient (Wildman–Crippen LogP) is 3.00. The molecule has 6 heteroatoms. The number of benzene rings is 2. The van der Waals surface area contributed by atoms with Crippen molar-refractivity contribution in [3.8, 4) is 5.75 Å². The molecule has 2 aromatic carbocycles. The molecule has 0 aromatic heterocycles. The van der Waals surface area contributed by atoms with E-state index in [9.17, 15) is 14.9 Å². The number of ether oxygens (including phenoxy) is 2. The predicted molar refractivity (Wildman–Crippen MR) is 80.1 cm³/mol. The zero-order chi connectivity index (χ0) is 15.9. The van der Waals surface area contributed by atoms with Crippen LogP contribution in [0.25, 0.3) is 0 Å². The van der Waals surface area contributed by atoms with Gasteiger partial charge in [-0.1, -0.05) is 30.3 Å². The summed E-state index contributed by atoms with van der Waals surface area (Å²) in [6.45, 7) is 0.0917. The molecule has 0 spiro atoms. The summed E-state index contributed by atoms with van der Waals surface area (Å²) in [4.78, 5) is 22.3. The number of methoxy groups -OCH3 is 1. The van der Waals surface area contributed by atoms with Gasteiger partial charge in [-0.3, -0.25) is 14.9 Å². The fraction of sp³-hybridized carbons (Fsp3) is 0.188. The van der Waals surface area contributed by atoms with Crippen LogP contribution in [-0.4, -0.2) is 24.4 Å². The van der Waals surface area contributed by atoms with Crippen LogP contribution < -0.4 is 4.74 Å². The molecule has 2 aromatic rings. The first kappa shape index (κ1) is 15.7. The van der Waals surface area contributed by atoms with Crippen molar-refractivity contribution >= 4 is 11.5 Å². The van der Waals surface area contributed by atoms with Crippen LogP contribution in [0.3, 0.4) is 0 Å². The molecule has 0 aliphatic carbocycles. The average molecular weight is 301 g/mol. The number of rotatable bonds is 7. The van der Waals surface area contributed by atoms with E-state index in [-0.39, 0.29) is 36.0 Å². The first-order valence-corrected chi connectivity index (χ1v) is 6.59. The van der Waals surface area contributed by atoms with Gasteiger partial charge < -0.3 is 9.47 Å². The van der Waals surface area contributed by atoms with Crippen LogP contribution in [-0.2, 0) is 11.3 Å². The van der Waals surface area contributed by atoms with Crippen LogP contribution in [0.2, 0.25) is 0 Å². The fourth-order valence-corrected chi connectivity index (χ4v) is 1.91. The van der Waals surface area contributed by atoms with E-state index in [1.807, 2.05) is 30.3 Å². The largest absolute Gasteiger partial charge is 0.482 e. The number of carbonyl (C=O) groups is 1.